The second-order valence-corrected chi connectivity index (χ2v) is 9.40. The van der Waals surface area contributed by atoms with Crippen molar-refractivity contribution in [3.63, 3.8) is 0 Å². The first-order valence-corrected chi connectivity index (χ1v) is 12.4. The number of amidine groups is 1. The third kappa shape index (κ3) is 5.28. The molecule has 36 heavy (non-hydrogen) atoms. The maximum absolute atomic E-state index is 15.5. The smallest absolute Gasteiger partial charge is 0.197 e. The predicted octanol–water partition coefficient (Wildman–Crippen LogP) is 5.66. The Morgan fingerprint density at radius 2 is 1.83 bits per heavy atom. The van der Waals surface area contributed by atoms with Crippen LogP contribution in [0.2, 0.25) is 0 Å². The highest BCUT2D eigenvalue weighted by Crippen LogP contribution is 2.42. The molecule has 2 aromatic carbocycles. The van der Waals surface area contributed by atoms with E-state index in [4.69, 9.17) is 14.2 Å². The monoisotopic (exact) mass is 567 g/mol. The van der Waals surface area contributed by atoms with Gasteiger partial charge in [0.2, 0.25) is 0 Å². The van der Waals surface area contributed by atoms with E-state index >= 15 is 8.78 Å². The van der Waals surface area contributed by atoms with E-state index in [-0.39, 0.29) is 48.2 Å². The van der Waals surface area contributed by atoms with Crippen LogP contribution < -0.4 is 19.1 Å². The van der Waals surface area contributed by atoms with Gasteiger partial charge in [0.1, 0.15) is 17.3 Å². The van der Waals surface area contributed by atoms with Gasteiger partial charge in [-0.1, -0.05) is 0 Å². The third-order valence-corrected chi connectivity index (χ3v) is 6.21. The summed E-state index contributed by atoms with van der Waals surface area (Å²) >= 11 is 3.09. The van der Waals surface area contributed by atoms with Crippen LogP contribution in [0.3, 0.4) is 0 Å². The summed E-state index contributed by atoms with van der Waals surface area (Å²) in [6, 6.07) is 4.91. The normalized spacial score (nSPS) is 14.2. The molecule has 0 unspecified atom stereocenters. The molecule has 10 heteroatoms. The molecule has 0 radical (unpaired) electrons. The van der Waals surface area contributed by atoms with E-state index in [9.17, 15) is 4.79 Å². The molecule has 0 bridgehead atoms. The highest BCUT2D eigenvalue weighted by molar-refractivity contribution is 9.08. The molecule has 0 atom stereocenters. The zero-order valence-corrected chi connectivity index (χ0v) is 23.3. The van der Waals surface area contributed by atoms with Crippen molar-refractivity contribution in [2.75, 3.05) is 45.9 Å². The molecule has 2 aromatic rings. The fourth-order valence-corrected chi connectivity index (χ4v) is 4.66. The molecule has 0 saturated heterocycles. The van der Waals surface area contributed by atoms with Crippen LogP contribution >= 0.6 is 16.1 Å². The van der Waals surface area contributed by atoms with Gasteiger partial charge in [0.25, 0.3) is 0 Å². The fourth-order valence-electron chi connectivity index (χ4n) is 4.26. The van der Waals surface area contributed by atoms with Crippen LogP contribution in [0.1, 0.15) is 54.7 Å². The van der Waals surface area contributed by atoms with Gasteiger partial charge >= 0.3 is 0 Å². The summed E-state index contributed by atoms with van der Waals surface area (Å²) in [5.74, 6) is 0.0929. The fraction of sp³-hybridized carbons (Fsp3) is 0.462. The number of Topliss-reactive ketones (excluding diaryl/α,β-unsaturated/α-hetero) is 1. The van der Waals surface area contributed by atoms with Gasteiger partial charge in [0.15, 0.2) is 23.1 Å². The summed E-state index contributed by atoms with van der Waals surface area (Å²) in [5, 5.41) is 0. The first kappa shape index (κ1) is 27.7. The zero-order chi connectivity index (χ0) is 26.8. The lowest BCUT2D eigenvalue weighted by molar-refractivity contribution is 0.0962. The van der Waals surface area contributed by atoms with Crippen molar-refractivity contribution in [1.29, 1.82) is 0 Å². The van der Waals surface area contributed by atoms with Crippen LogP contribution in [0.5, 0.6) is 17.2 Å². The number of rotatable bonds is 10. The Balaban J connectivity index is 2.01. The summed E-state index contributed by atoms with van der Waals surface area (Å²) in [7, 11) is 5.06. The molecule has 0 spiro atoms. The summed E-state index contributed by atoms with van der Waals surface area (Å²) in [5.41, 5.74) is 0.299. The molecule has 0 saturated carbocycles. The molecule has 0 amide bonds. The molecule has 1 aliphatic heterocycles. The van der Waals surface area contributed by atoms with E-state index < -0.39 is 11.5 Å². The van der Waals surface area contributed by atoms with Crippen molar-refractivity contribution < 1.29 is 27.8 Å². The molecule has 0 fully saturated rings. The third-order valence-electron chi connectivity index (χ3n) is 5.87. The number of nitrogens with zero attached hydrogens (tertiary/aromatic N) is 3. The van der Waals surface area contributed by atoms with Gasteiger partial charge in [-0.3, -0.25) is 4.79 Å². The van der Waals surface area contributed by atoms with Gasteiger partial charge in [-0.2, -0.15) is 4.02 Å². The minimum absolute atomic E-state index is 0.0144. The number of ether oxygens (including phenoxy) is 3. The Hall–Kier alpha value is -2.88. The van der Waals surface area contributed by atoms with E-state index in [1.165, 1.54) is 27.0 Å². The Bertz CT molecular complexity index is 1180. The van der Waals surface area contributed by atoms with Gasteiger partial charge in [0, 0.05) is 31.8 Å². The second-order valence-electron chi connectivity index (χ2n) is 9.05. The first-order chi connectivity index (χ1) is 17.0. The Kier molecular flexibility index (Phi) is 8.48. The number of hydrogen-bond donors (Lipinski definition) is 0. The summed E-state index contributed by atoms with van der Waals surface area (Å²) in [6.45, 7) is 7.15. The van der Waals surface area contributed by atoms with E-state index in [2.05, 4.69) is 20.2 Å². The molecule has 1 aliphatic rings. The molecule has 0 aromatic heterocycles. The molecule has 196 valence electrons. The van der Waals surface area contributed by atoms with E-state index in [1.54, 1.807) is 49.9 Å². The van der Waals surface area contributed by atoms with Crippen molar-refractivity contribution in [2.45, 2.75) is 39.9 Å². The number of carbonyl (C=O) groups is 1. The minimum atomic E-state index is -1.74. The number of fused-ring (bicyclic) bond motifs is 1. The summed E-state index contributed by atoms with van der Waals surface area (Å²) in [6.07, 6.45) is 0. The van der Waals surface area contributed by atoms with Crippen LogP contribution in [0.4, 0.5) is 14.5 Å². The molecule has 0 aliphatic carbocycles. The second kappa shape index (κ2) is 11.0. The lowest BCUT2D eigenvalue weighted by Crippen LogP contribution is -2.31. The van der Waals surface area contributed by atoms with E-state index in [1.807, 2.05) is 0 Å². The highest BCUT2D eigenvalue weighted by atomic mass is 79.9. The number of carbonyl (C=O) groups excluding carboxylic acids is 1. The average molecular weight is 568 g/mol. The van der Waals surface area contributed by atoms with E-state index in [0.717, 1.165) is 0 Å². The van der Waals surface area contributed by atoms with Crippen molar-refractivity contribution >= 4 is 33.5 Å². The quantitative estimate of drug-likeness (QED) is 0.345. The lowest BCUT2D eigenvalue weighted by atomic mass is 9.94. The maximum atomic E-state index is 15.5. The molecular formula is C26H32BrF2N3O4. The lowest BCUT2D eigenvalue weighted by Gasteiger charge is -2.25. The highest BCUT2D eigenvalue weighted by Gasteiger charge is 2.35. The van der Waals surface area contributed by atoms with Crippen LogP contribution in [0.25, 0.3) is 0 Å². The Labute approximate surface area is 219 Å². The van der Waals surface area contributed by atoms with Crippen molar-refractivity contribution in [2.24, 2.45) is 4.02 Å². The number of benzene rings is 2. The SMILES string of the molecule is CCOc1cc2c(c(F)c1OCC)C(=NBr)N(CC(=O)c1cc(N(C)C)c(OC)c(C(C)(C)F)c1)C2. The zero-order valence-electron chi connectivity index (χ0n) is 21.7. The van der Waals surface area contributed by atoms with Gasteiger partial charge in [0.05, 0.1) is 54.3 Å². The van der Waals surface area contributed by atoms with Gasteiger partial charge in [-0.15, -0.1) is 0 Å². The van der Waals surface area contributed by atoms with Crippen LogP contribution in [0, 0.1) is 5.82 Å². The Morgan fingerprint density at radius 1 is 1.17 bits per heavy atom. The first-order valence-electron chi connectivity index (χ1n) is 11.7. The van der Waals surface area contributed by atoms with E-state index in [0.29, 0.717) is 34.9 Å². The number of hydrogen-bond acceptors (Lipinski definition) is 6. The maximum Gasteiger partial charge on any atom is 0.197 e. The number of methoxy groups -OCH3 is 1. The van der Waals surface area contributed by atoms with Crippen molar-refractivity contribution in [3.8, 4) is 17.2 Å². The summed E-state index contributed by atoms with van der Waals surface area (Å²) < 4.78 is 51.3. The number of ketones is 1. The number of anilines is 1. The number of alkyl halides is 1. The molecule has 7 nitrogen and oxygen atoms in total. The van der Waals surface area contributed by atoms with Crippen LogP contribution in [-0.2, 0) is 12.2 Å². The van der Waals surface area contributed by atoms with Gasteiger partial charge in [-0.25, -0.2) is 8.78 Å². The summed E-state index contributed by atoms with van der Waals surface area (Å²) in [4.78, 5) is 16.9. The van der Waals surface area contributed by atoms with Crippen molar-refractivity contribution in [1.82, 2.24) is 4.90 Å². The average Bonchev–Trinajstić information content (AvgIpc) is 3.16. The van der Waals surface area contributed by atoms with Gasteiger partial charge < -0.3 is 24.0 Å². The minimum Gasteiger partial charge on any atom is -0.494 e. The van der Waals surface area contributed by atoms with Crippen LogP contribution in [-0.4, -0.2) is 57.5 Å². The van der Waals surface area contributed by atoms with Crippen LogP contribution in [0.15, 0.2) is 22.2 Å². The largest absolute Gasteiger partial charge is 0.494 e. The number of halogens is 3. The molecule has 0 N–H and O–H groups in total. The predicted molar refractivity (Wildman–Crippen MR) is 140 cm³/mol. The standard InChI is InChI=1S/C26H32BrF2N3O4/c1-8-35-20-12-16-13-32(25(30-27)21(16)22(28)24(20)36-9-2)14-19(33)15-10-17(26(3,4)29)23(34-7)18(11-15)31(5)6/h10-12H,8-9,13-14H2,1-7H3. The molecule has 1 heterocycles. The molecular weight excluding hydrogens is 536 g/mol. The van der Waals surface area contributed by atoms with Gasteiger partial charge in [-0.05, 0) is 51.5 Å². The Morgan fingerprint density at radius 3 is 2.36 bits per heavy atom. The topological polar surface area (TPSA) is 63.6 Å². The molecule has 3 rings (SSSR count). The van der Waals surface area contributed by atoms with Crippen molar-refractivity contribution in [3.05, 3.63) is 46.3 Å².